The number of likely N-dealkylation sites (tertiary alicyclic amines) is 1. The van der Waals surface area contributed by atoms with Gasteiger partial charge in [0.05, 0.1) is 17.3 Å². The second-order valence-corrected chi connectivity index (χ2v) is 14.9. The van der Waals surface area contributed by atoms with Crippen LogP contribution in [0.3, 0.4) is 0 Å². The Bertz CT molecular complexity index is 2150. The maximum absolute atomic E-state index is 14.5. The van der Waals surface area contributed by atoms with Crippen molar-refractivity contribution in [2.24, 2.45) is 10.9 Å². The summed E-state index contributed by atoms with van der Waals surface area (Å²) in [7, 11) is 0. The van der Waals surface area contributed by atoms with Crippen LogP contribution in [0.4, 0.5) is 10.1 Å². The minimum atomic E-state index is -1.11. The number of benzene rings is 3. The molecule has 3 aromatic carbocycles. The van der Waals surface area contributed by atoms with Gasteiger partial charge in [0.1, 0.15) is 23.9 Å². The maximum atomic E-state index is 14.5. The molecule has 0 radical (unpaired) electrons. The Morgan fingerprint density at radius 2 is 1.92 bits per heavy atom. The molecule has 3 aliphatic heterocycles. The number of halogens is 2. The average molecular weight is 757 g/mol. The van der Waals surface area contributed by atoms with Crippen molar-refractivity contribution >= 4 is 80.0 Å². The van der Waals surface area contributed by atoms with Crippen LogP contribution in [0.25, 0.3) is 16.2 Å². The number of primary amides is 1. The number of hydrogen-bond donors (Lipinski definition) is 4. The number of nitrogens with one attached hydrogen (secondary N) is 3. The summed E-state index contributed by atoms with van der Waals surface area (Å²) in [5.74, 6) is -3.09. The summed E-state index contributed by atoms with van der Waals surface area (Å²) in [5.41, 5.74) is 6.33. The molecule has 2 saturated heterocycles. The van der Waals surface area contributed by atoms with Crippen LogP contribution in [0.2, 0.25) is 5.02 Å². The second-order valence-electron chi connectivity index (χ2n) is 13.3. The SMILES string of the molecule is NC(=O)C(Cc1cc2ccccc2s1)NC(=O)[C@@H]1CC2(CC(c3cccc(NC(=O)[C@@H]4CCC(=O)N4)c3)=NO2)CN1C(=O)/C=C/c1c(F)cccc1Cl. The molecule has 0 saturated carbocycles. The lowest BCUT2D eigenvalue weighted by atomic mass is 9.91. The van der Waals surface area contributed by atoms with Crippen molar-refractivity contribution in [1.29, 1.82) is 0 Å². The summed E-state index contributed by atoms with van der Waals surface area (Å²) in [4.78, 5) is 72.9. The first-order valence-electron chi connectivity index (χ1n) is 16.9. The lowest BCUT2D eigenvalue weighted by Crippen LogP contribution is -2.52. The van der Waals surface area contributed by atoms with Crippen LogP contribution >= 0.6 is 22.9 Å². The Morgan fingerprint density at radius 1 is 1.11 bits per heavy atom. The number of nitrogens with two attached hydrogens (primary N) is 1. The van der Waals surface area contributed by atoms with Gasteiger partial charge in [-0.1, -0.05) is 53.2 Å². The van der Waals surface area contributed by atoms with Crippen molar-refractivity contribution in [3.8, 4) is 0 Å². The van der Waals surface area contributed by atoms with Gasteiger partial charge in [-0.2, -0.15) is 0 Å². The number of oxime groups is 1. The summed E-state index contributed by atoms with van der Waals surface area (Å²) >= 11 is 7.67. The zero-order valence-corrected chi connectivity index (χ0v) is 29.7. The molecule has 4 heterocycles. The molecule has 272 valence electrons. The van der Waals surface area contributed by atoms with Crippen LogP contribution in [0.5, 0.6) is 0 Å². The molecule has 2 unspecified atom stereocenters. The molecule has 2 fully saturated rings. The number of thiophene rings is 1. The van der Waals surface area contributed by atoms with E-state index in [-0.39, 0.29) is 54.6 Å². The van der Waals surface area contributed by atoms with Crippen LogP contribution in [0, 0.1) is 5.82 Å². The molecule has 4 aromatic rings. The molecule has 7 rings (SSSR count). The molecule has 4 atom stereocenters. The monoisotopic (exact) mass is 756 g/mol. The smallest absolute Gasteiger partial charge is 0.247 e. The Balaban J connectivity index is 1.10. The van der Waals surface area contributed by atoms with Gasteiger partial charge in [0, 0.05) is 58.2 Å². The van der Waals surface area contributed by atoms with Gasteiger partial charge in [-0.25, -0.2) is 4.39 Å². The predicted molar refractivity (Wildman–Crippen MR) is 198 cm³/mol. The molecule has 12 nitrogen and oxygen atoms in total. The third-order valence-corrected chi connectivity index (χ3v) is 11.0. The van der Waals surface area contributed by atoms with Crippen molar-refractivity contribution < 1.29 is 33.2 Å². The molecule has 0 aliphatic carbocycles. The molecular formula is C38H34ClFN6O6S. The molecule has 5 amide bonds. The second kappa shape index (κ2) is 14.8. The Hall–Kier alpha value is -5.60. The fourth-order valence-electron chi connectivity index (χ4n) is 6.85. The van der Waals surface area contributed by atoms with Crippen molar-refractivity contribution in [2.75, 3.05) is 11.9 Å². The van der Waals surface area contributed by atoms with Crippen molar-refractivity contribution in [3.05, 3.63) is 106 Å². The molecule has 53 heavy (non-hydrogen) atoms. The number of amides is 5. The van der Waals surface area contributed by atoms with E-state index in [1.165, 1.54) is 40.5 Å². The fourth-order valence-corrected chi connectivity index (χ4v) is 8.19. The highest BCUT2D eigenvalue weighted by atomic mass is 35.5. The van der Waals surface area contributed by atoms with Crippen molar-refractivity contribution in [3.63, 3.8) is 0 Å². The molecular weight excluding hydrogens is 723 g/mol. The van der Waals surface area contributed by atoms with Gasteiger partial charge in [0.25, 0.3) is 0 Å². The van der Waals surface area contributed by atoms with Gasteiger partial charge in [0.15, 0.2) is 5.60 Å². The number of carbonyl (C=O) groups excluding carboxylic acids is 5. The summed E-state index contributed by atoms with van der Waals surface area (Å²) in [5, 5.41) is 13.7. The zero-order chi connectivity index (χ0) is 37.3. The number of rotatable bonds is 10. The number of carbonyl (C=O) groups is 5. The highest BCUT2D eigenvalue weighted by Gasteiger charge is 2.53. The van der Waals surface area contributed by atoms with E-state index in [0.717, 1.165) is 21.0 Å². The summed E-state index contributed by atoms with van der Waals surface area (Å²) in [6.45, 7) is -0.0539. The fraction of sp³-hybridized carbons (Fsp3) is 0.263. The van der Waals surface area contributed by atoms with Gasteiger partial charge in [-0.05, 0) is 54.3 Å². The maximum Gasteiger partial charge on any atom is 0.247 e. The van der Waals surface area contributed by atoms with Gasteiger partial charge < -0.3 is 31.4 Å². The standard InChI is InChI=1S/C38H34ClFN6O6S/c39-26-8-4-9-27(40)25(26)11-14-34(48)46-20-38(18-30(45-52-38)21-6-3-7-23(15-21)42-36(50)28-12-13-33(47)43-28)19-31(46)37(51)44-29(35(41)49)17-24-16-22-5-1-2-10-32(22)53-24/h1-11,14-16,28-29,31H,12-13,17-20H2,(H2,41,49)(H,42,50)(H,43,47)(H,44,51)/b14-11+/t28-,29?,31-,38?/m0/s1. The van der Waals surface area contributed by atoms with Crippen molar-refractivity contribution in [1.82, 2.24) is 15.5 Å². The van der Waals surface area contributed by atoms with E-state index in [9.17, 15) is 28.4 Å². The first-order chi connectivity index (χ1) is 25.5. The Morgan fingerprint density at radius 3 is 2.68 bits per heavy atom. The third-order valence-electron chi connectivity index (χ3n) is 9.53. The molecule has 0 bridgehead atoms. The predicted octanol–water partition coefficient (Wildman–Crippen LogP) is 4.30. The number of anilines is 1. The lowest BCUT2D eigenvalue weighted by molar-refractivity contribution is -0.136. The number of nitrogens with zero attached hydrogens (tertiary/aromatic N) is 2. The van der Waals surface area contributed by atoms with E-state index >= 15 is 0 Å². The van der Waals surface area contributed by atoms with E-state index in [2.05, 4.69) is 21.1 Å². The molecule has 5 N–H and O–H groups in total. The topological polar surface area (TPSA) is 172 Å². The van der Waals surface area contributed by atoms with E-state index in [4.69, 9.17) is 22.2 Å². The highest BCUT2D eigenvalue weighted by molar-refractivity contribution is 7.19. The molecule has 1 aromatic heterocycles. The number of hydrogen-bond acceptors (Lipinski definition) is 8. The largest absolute Gasteiger partial charge is 0.387 e. The third kappa shape index (κ3) is 7.78. The van der Waals surface area contributed by atoms with Crippen LogP contribution in [-0.2, 0) is 35.2 Å². The molecule has 15 heteroatoms. The number of fused-ring (bicyclic) bond motifs is 1. The van der Waals surface area contributed by atoms with Crippen LogP contribution in [0.15, 0.2) is 84.0 Å². The Labute approximate surface area is 312 Å². The average Bonchev–Trinajstić information content (AvgIpc) is 3.94. The minimum absolute atomic E-state index is 0.0135. The first-order valence-corrected chi connectivity index (χ1v) is 18.1. The van der Waals surface area contributed by atoms with E-state index in [1.807, 2.05) is 30.3 Å². The van der Waals surface area contributed by atoms with Crippen LogP contribution < -0.4 is 21.7 Å². The molecule has 3 aliphatic rings. The van der Waals surface area contributed by atoms with E-state index < -0.39 is 47.3 Å². The van der Waals surface area contributed by atoms with Crippen molar-refractivity contribution in [2.45, 2.75) is 55.8 Å². The summed E-state index contributed by atoms with van der Waals surface area (Å²) < 4.78 is 15.6. The summed E-state index contributed by atoms with van der Waals surface area (Å²) in [6.07, 6.45) is 3.48. The van der Waals surface area contributed by atoms with Crippen LogP contribution in [0.1, 0.15) is 41.7 Å². The summed E-state index contributed by atoms with van der Waals surface area (Å²) in [6, 6.07) is 18.0. The van der Waals surface area contributed by atoms with Gasteiger partial charge in [-0.15, -0.1) is 11.3 Å². The first kappa shape index (κ1) is 35.8. The van der Waals surface area contributed by atoms with Gasteiger partial charge in [-0.3, -0.25) is 24.0 Å². The normalized spacial score (nSPS) is 21.4. The van der Waals surface area contributed by atoms with Gasteiger partial charge in [0.2, 0.25) is 29.5 Å². The van der Waals surface area contributed by atoms with E-state index in [1.54, 1.807) is 24.3 Å². The minimum Gasteiger partial charge on any atom is -0.387 e. The zero-order valence-electron chi connectivity index (χ0n) is 28.1. The van der Waals surface area contributed by atoms with E-state index in [0.29, 0.717) is 23.4 Å². The van der Waals surface area contributed by atoms with Gasteiger partial charge >= 0.3 is 0 Å². The molecule has 1 spiro atoms. The van der Waals surface area contributed by atoms with Crippen LogP contribution in [-0.4, -0.2) is 70.4 Å². The quantitative estimate of drug-likeness (QED) is 0.176. The Kier molecular flexibility index (Phi) is 9.99. The lowest BCUT2D eigenvalue weighted by Gasteiger charge is -2.24. The highest BCUT2D eigenvalue weighted by Crippen LogP contribution is 2.39.